The maximum atomic E-state index is 6.31. The van der Waals surface area contributed by atoms with Crippen molar-refractivity contribution in [3.05, 3.63) is 34.9 Å². The van der Waals surface area contributed by atoms with Crippen molar-refractivity contribution in [2.24, 2.45) is 5.92 Å². The Bertz CT molecular complexity index is 371. The lowest BCUT2D eigenvalue weighted by Gasteiger charge is -2.31. The molecular weight excluding hydrogens is 254 g/mol. The highest BCUT2D eigenvalue weighted by atomic mass is 35.5. The van der Waals surface area contributed by atoms with Crippen LogP contribution in [0.25, 0.3) is 0 Å². The van der Waals surface area contributed by atoms with E-state index in [9.17, 15) is 0 Å². The Kier molecular flexibility index (Phi) is 6.19. The summed E-state index contributed by atoms with van der Waals surface area (Å²) in [5.74, 6) is 0.830. The summed E-state index contributed by atoms with van der Waals surface area (Å²) in [7, 11) is 0. The largest absolute Gasteiger partial charge is 0.313 e. The van der Waals surface area contributed by atoms with Gasteiger partial charge in [-0.05, 0) is 49.8 Å². The quantitative estimate of drug-likeness (QED) is 0.786. The van der Waals surface area contributed by atoms with Crippen molar-refractivity contribution in [2.75, 3.05) is 6.54 Å². The molecule has 1 saturated carbocycles. The topological polar surface area (TPSA) is 12.0 Å². The van der Waals surface area contributed by atoms with Crippen LogP contribution in [0.2, 0.25) is 5.02 Å². The van der Waals surface area contributed by atoms with Gasteiger partial charge in [-0.1, -0.05) is 56.0 Å². The van der Waals surface area contributed by atoms with E-state index in [0.29, 0.717) is 6.04 Å². The number of benzene rings is 1. The summed E-state index contributed by atoms with van der Waals surface area (Å²) >= 11 is 6.31. The Balaban J connectivity index is 2.02. The molecule has 1 N–H and O–H groups in total. The van der Waals surface area contributed by atoms with Gasteiger partial charge in [0.05, 0.1) is 0 Å². The van der Waals surface area contributed by atoms with Crippen LogP contribution in [-0.2, 0) is 6.42 Å². The summed E-state index contributed by atoms with van der Waals surface area (Å²) < 4.78 is 0. The van der Waals surface area contributed by atoms with Gasteiger partial charge in [0, 0.05) is 11.1 Å². The van der Waals surface area contributed by atoms with Gasteiger partial charge in [0.25, 0.3) is 0 Å². The Morgan fingerprint density at radius 3 is 2.63 bits per heavy atom. The number of halogens is 1. The maximum absolute atomic E-state index is 6.31. The van der Waals surface area contributed by atoms with Crippen LogP contribution in [0.3, 0.4) is 0 Å². The predicted molar refractivity (Wildman–Crippen MR) is 83.8 cm³/mol. The second-order valence-electron chi connectivity index (χ2n) is 5.75. The maximum Gasteiger partial charge on any atom is 0.0438 e. The zero-order chi connectivity index (χ0) is 13.5. The van der Waals surface area contributed by atoms with Gasteiger partial charge >= 0.3 is 0 Å². The Morgan fingerprint density at radius 2 is 1.95 bits per heavy atom. The number of hydrogen-bond acceptors (Lipinski definition) is 1. The van der Waals surface area contributed by atoms with Crippen molar-refractivity contribution in [1.29, 1.82) is 0 Å². The van der Waals surface area contributed by atoms with Crippen LogP contribution in [0.1, 0.15) is 51.0 Å². The molecular formula is C17H26ClN. The van der Waals surface area contributed by atoms with Gasteiger partial charge in [0.1, 0.15) is 0 Å². The first-order valence-corrected chi connectivity index (χ1v) is 8.16. The molecule has 0 aromatic heterocycles. The Labute approximate surface area is 122 Å². The van der Waals surface area contributed by atoms with E-state index in [1.807, 2.05) is 12.1 Å². The minimum absolute atomic E-state index is 0.597. The van der Waals surface area contributed by atoms with E-state index in [4.69, 9.17) is 11.6 Å². The lowest BCUT2D eigenvalue weighted by atomic mass is 9.81. The first-order valence-electron chi connectivity index (χ1n) is 7.78. The van der Waals surface area contributed by atoms with Crippen molar-refractivity contribution in [3.8, 4) is 0 Å². The van der Waals surface area contributed by atoms with Crippen LogP contribution in [0.5, 0.6) is 0 Å². The molecule has 0 saturated heterocycles. The van der Waals surface area contributed by atoms with Crippen LogP contribution in [0.15, 0.2) is 24.3 Å². The fourth-order valence-electron chi connectivity index (χ4n) is 3.17. The standard InChI is InChI=1S/C17H26ClN/c1-2-12-19-17(14-8-4-3-5-9-14)13-15-10-6-7-11-16(15)18/h6-7,10-11,14,17,19H,2-5,8-9,12-13H2,1H3. The summed E-state index contributed by atoms with van der Waals surface area (Å²) in [4.78, 5) is 0. The minimum Gasteiger partial charge on any atom is -0.313 e. The molecule has 0 bridgehead atoms. The first-order chi connectivity index (χ1) is 9.31. The molecule has 2 rings (SSSR count). The van der Waals surface area contributed by atoms with Crippen LogP contribution in [-0.4, -0.2) is 12.6 Å². The number of hydrogen-bond donors (Lipinski definition) is 1. The monoisotopic (exact) mass is 279 g/mol. The Morgan fingerprint density at radius 1 is 1.21 bits per heavy atom. The molecule has 19 heavy (non-hydrogen) atoms. The zero-order valence-corrected chi connectivity index (χ0v) is 12.8. The second kappa shape index (κ2) is 7.91. The third-order valence-electron chi connectivity index (χ3n) is 4.27. The molecule has 106 valence electrons. The van der Waals surface area contributed by atoms with Crippen molar-refractivity contribution in [3.63, 3.8) is 0 Å². The fourth-order valence-corrected chi connectivity index (χ4v) is 3.39. The average molecular weight is 280 g/mol. The Hall–Kier alpha value is -0.530. The van der Waals surface area contributed by atoms with Crippen molar-refractivity contribution >= 4 is 11.6 Å². The van der Waals surface area contributed by atoms with Crippen molar-refractivity contribution < 1.29 is 0 Å². The normalized spacial score (nSPS) is 18.4. The summed E-state index contributed by atoms with van der Waals surface area (Å²) in [5.41, 5.74) is 1.29. The highest BCUT2D eigenvalue weighted by Gasteiger charge is 2.23. The summed E-state index contributed by atoms with van der Waals surface area (Å²) in [5, 5.41) is 4.67. The van der Waals surface area contributed by atoms with Crippen LogP contribution in [0, 0.1) is 5.92 Å². The van der Waals surface area contributed by atoms with E-state index < -0.39 is 0 Å². The van der Waals surface area contributed by atoms with Gasteiger partial charge in [-0.3, -0.25) is 0 Å². The fraction of sp³-hybridized carbons (Fsp3) is 0.647. The third-order valence-corrected chi connectivity index (χ3v) is 4.64. The lowest BCUT2D eigenvalue weighted by Crippen LogP contribution is -2.39. The molecule has 0 amide bonds. The van der Waals surface area contributed by atoms with Crippen molar-refractivity contribution in [2.45, 2.75) is 57.9 Å². The van der Waals surface area contributed by atoms with Crippen LogP contribution < -0.4 is 5.32 Å². The first kappa shape index (κ1) is 14.9. The zero-order valence-electron chi connectivity index (χ0n) is 12.0. The van der Waals surface area contributed by atoms with E-state index in [1.165, 1.54) is 44.1 Å². The molecule has 1 unspecified atom stereocenters. The third kappa shape index (κ3) is 4.50. The average Bonchev–Trinajstić information content (AvgIpc) is 2.46. The van der Waals surface area contributed by atoms with Gasteiger partial charge < -0.3 is 5.32 Å². The van der Waals surface area contributed by atoms with Crippen LogP contribution in [0.4, 0.5) is 0 Å². The highest BCUT2D eigenvalue weighted by Crippen LogP contribution is 2.29. The molecule has 1 aromatic rings. The van der Waals surface area contributed by atoms with E-state index in [2.05, 4.69) is 24.4 Å². The predicted octanol–water partition coefficient (Wildman–Crippen LogP) is 4.83. The van der Waals surface area contributed by atoms with Gasteiger partial charge in [-0.2, -0.15) is 0 Å². The summed E-state index contributed by atoms with van der Waals surface area (Å²) in [6.07, 6.45) is 9.26. The number of nitrogens with one attached hydrogen (secondary N) is 1. The minimum atomic E-state index is 0.597. The smallest absolute Gasteiger partial charge is 0.0438 e. The molecule has 1 aliphatic carbocycles. The van der Waals surface area contributed by atoms with E-state index >= 15 is 0 Å². The molecule has 1 nitrogen and oxygen atoms in total. The molecule has 0 spiro atoms. The summed E-state index contributed by atoms with van der Waals surface area (Å²) in [6.45, 7) is 3.35. The SMILES string of the molecule is CCCNC(Cc1ccccc1Cl)C1CCCCC1. The van der Waals surface area contributed by atoms with E-state index in [0.717, 1.165) is 23.9 Å². The molecule has 1 aromatic carbocycles. The molecule has 0 heterocycles. The molecule has 0 radical (unpaired) electrons. The molecule has 1 fully saturated rings. The highest BCUT2D eigenvalue weighted by molar-refractivity contribution is 6.31. The summed E-state index contributed by atoms with van der Waals surface area (Å²) in [6, 6.07) is 8.89. The van der Waals surface area contributed by atoms with E-state index in [-0.39, 0.29) is 0 Å². The van der Waals surface area contributed by atoms with Crippen LogP contribution >= 0.6 is 11.6 Å². The lowest BCUT2D eigenvalue weighted by molar-refractivity contribution is 0.267. The molecule has 1 aliphatic rings. The van der Waals surface area contributed by atoms with E-state index in [1.54, 1.807) is 0 Å². The second-order valence-corrected chi connectivity index (χ2v) is 6.16. The van der Waals surface area contributed by atoms with Crippen molar-refractivity contribution in [1.82, 2.24) is 5.32 Å². The van der Waals surface area contributed by atoms with Gasteiger partial charge in [0.2, 0.25) is 0 Å². The molecule has 0 aliphatic heterocycles. The van der Waals surface area contributed by atoms with Gasteiger partial charge in [0.15, 0.2) is 0 Å². The molecule has 1 atom stereocenters. The van der Waals surface area contributed by atoms with Gasteiger partial charge in [-0.15, -0.1) is 0 Å². The number of rotatable bonds is 6. The van der Waals surface area contributed by atoms with Gasteiger partial charge in [-0.25, -0.2) is 0 Å². The molecule has 2 heteroatoms.